The van der Waals surface area contributed by atoms with Crippen molar-refractivity contribution in [3.05, 3.63) is 39.4 Å². The van der Waals surface area contributed by atoms with Gasteiger partial charge in [-0.3, -0.25) is 15.0 Å². The Morgan fingerprint density at radius 3 is 2.90 bits per heavy atom. The molecule has 2 rings (SSSR count). The minimum Gasteiger partial charge on any atom is -0.313 e. The molecule has 116 valence electrons. The van der Waals surface area contributed by atoms with Crippen LogP contribution in [-0.2, 0) is 6.54 Å². The van der Waals surface area contributed by atoms with Gasteiger partial charge >= 0.3 is 0 Å². The van der Waals surface area contributed by atoms with Gasteiger partial charge in [-0.25, -0.2) is 0 Å². The predicted molar refractivity (Wildman–Crippen MR) is 84.4 cm³/mol. The van der Waals surface area contributed by atoms with Crippen LogP contribution in [0, 0.1) is 17.0 Å². The molecule has 0 aromatic heterocycles. The molecule has 1 aromatic rings. The Kier molecular flexibility index (Phi) is 5.70. The molecule has 1 atom stereocenters. The minimum atomic E-state index is -0.290. The van der Waals surface area contributed by atoms with E-state index in [1.807, 2.05) is 13.0 Å². The van der Waals surface area contributed by atoms with Gasteiger partial charge in [0.1, 0.15) is 0 Å². The van der Waals surface area contributed by atoms with Gasteiger partial charge in [0.25, 0.3) is 5.69 Å². The number of nitrogens with one attached hydrogen (secondary N) is 1. The molecule has 1 aliphatic rings. The summed E-state index contributed by atoms with van der Waals surface area (Å²) in [5.41, 5.74) is 2.08. The van der Waals surface area contributed by atoms with Crippen LogP contribution in [-0.4, -0.2) is 35.5 Å². The van der Waals surface area contributed by atoms with E-state index in [9.17, 15) is 10.1 Å². The summed E-state index contributed by atoms with van der Waals surface area (Å²) in [5.74, 6) is 0. The SMILES string of the molecule is CCCN(Cc1cccc([N+](=O)[O-])c1C)CC1CCCN1. The Morgan fingerprint density at radius 1 is 1.48 bits per heavy atom. The first-order chi connectivity index (χ1) is 10.1. The van der Waals surface area contributed by atoms with Gasteiger partial charge in [-0.2, -0.15) is 0 Å². The number of nitrogens with zero attached hydrogens (tertiary/aromatic N) is 2. The summed E-state index contributed by atoms with van der Waals surface area (Å²) in [7, 11) is 0. The molecule has 21 heavy (non-hydrogen) atoms. The molecule has 0 aliphatic carbocycles. The van der Waals surface area contributed by atoms with Crippen molar-refractivity contribution in [2.24, 2.45) is 0 Å². The van der Waals surface area contributed by atoms with E-state index in [-0.39, 0.29) is 10.6 Å². The molecule has 1 saturated heterocycles. The van der Waals surface area contributed by atoms with E-state index in [1.54, 1.807) is 12.1 Å². The van der Waals surface area contributed by atoms with E-state index < -0.39 is 0 Å². The van der Waals surface area contributed by atoms with E-state index >= 15 is 0 Å². The first kappa shape index (κ1) is 15.9. The van der Waals surface area contributed by atoms with Crippen LogP contribution in [0.1, 0.15) is 37.3 Å². The van der Waals surface area contributed by atoms with Crippen molar-refractivity contribution in [1.82, 2.24) is 10.2 Å². The number of nitro groups is 1. The van der Waals surface area contributed by atoms with E-state index in [0.717, 1.165) is 43.7 Å². The van der Waals surface area contributed by atoms with Crippen LogP contribution in [0.3, 0.4) is 0 Å². The van der Waals surface area contributed by atoms with Crippen LogP contribution in [0.2, 0.25) is 0 Å². The van der Waals surface area contributed by atoms with Crippen molar-refractivity contribution in [1.29, 1.82) is 0 Å². The number of hydrogen-bond acceptors (Lipinski definition) is 4. The van der Waals surface area contributed by atoms with Crippen LogP contribution in [0.5, 0.6) is 0 Å². The van der Waals surface area contributed by atoms with Crippen LogP contribution in [0.4, 0.5) is 5.69 Å². The van der Waals surface area contributed by atoms with Gasteiger partial charge in [0.05, 0.1) is 4.92 Å². The van der Waals surface area contributed by atoms with Crippen LogP contribution >= 0.6 is 0 Å². The summed E-state index contributed by atoms with van der Waals surface area (Å²) in [6, 6.07) is 5.95. The van der Waals surface area contributed by atoms with Gasteiger partial charge in [0.15, 0.2) is 0 Å². The second kappa shape index (κ2) is 7.52. The highest BCUT2D eigenvalue weighted by molar-refractivity contribution is 5.44. The molecule has 1 unspecified atom stereocenters. The first-order valence-corrected chi connectivity index (χ1v) is 7.80. The number of nitro benzene ring substituents is 1. The molecular formula is C16H25N3O2. The van der Waals surface area contributed by atoms with E-state index in [4.69, 9.17) is 0 Å². The summed E-state index contributed by atoms with van der Waals surface area (Å²) < 4.78 is 0. The smallest absolute Gasteiger partial charge is 0.272 e. The summed E-state index contributed by atoms with van der Waals surface area (Å²) in [6.45, 7) is 7.98. The van der Waals surface area contributed by atoms with Crippen LogP contribution in [0.25, 0.3) is 0 Å². The summed E-state index contributed by atoms with van der Waals surface area (Å²) >= 11 is 0. The molecule has 1 fully saturated rings. The molecule has 0 amide bonds. The molecule has 5 nitrogen and oxygen atoms in total. The maximum atomic E-state index is 11.0. The molecule has 0 saturated carbocycles. The van der Waals surface area contributed by atoms with E-state index in [0.29, 0.717) is 6.04 Å². The molecule has 1 N–H and O–H groups in total. The maximum Gasteiger partial charge on any atom is 0.272 e. The van der Waals surface area contributed by atoms with Gasteiger partial charge in [-0.05, 0) is 44.8 Å². The van der Waals surface area contributed by atoms with Crippen molar-refractivity contribution < 1.29 is 4.92 Å². The average Bonchev–Trinajstić information content (AvgIpc) is 2.94. The lowest BCUT2D eigenvalue weighted by molar-refractivity contribution is -0.385. The molecule has 1 heterocycles. The Morgan fingerprint density at radius 2 is 2.29 bits per heavy atom. The van der Waals surface area contributed by atoms with Gasteiger partial charge in [0.2, 0.25) is 0 Å². The fraction of sp³-hybridized carbons (Fsp3) is 0.625. The highest BCUT2D eigenvalue weighted by Gasteiger charge is 2.19. The first-order valence-electron chi connectivity index (χ1n) is 7.80. The maximum absolute atomic E-state index is 11.0. The van der Waals surface area contributed by atoms with Crippen molar-refractivity contribution >= 4 is 5.69 Å². The normalized spacial score (nSPS) is 18.3. The average molecular weight is 291 g/mol. The van der Waals surface area contributed by atoms with Crippen molar-refractivity contribution in [3.8, 4) is 0 Å². The number of hydrogen-bond donors (Lipinski definition) is 1. The molecule has 0 bridgehead atoms. The van der Waals surface area contributed by atoms with Gasteiger partial charge in [0, 0.05) is 30.8 Å². The third-order valence-electron chi connectivity index (χ3n) is 4.19. The van der Waals surface area contributed by atoms with Crippen LogP contribution in [0.15, 0.2) is 18.2 Å². The second-order valence-electron chi connectivity index (χ2n) is 5.85. The van der Waals surface area contributed by atoms with Gasteiger partial charge in [-0.15, -0.1) is 0 Å². The summed E-state index contributed by atoms with van der Waals surface area (Å²) in [5, 5.41) is 14.6. The highest BCUT2D eigenvalue weighted by Crippen LogP contribution is 2.22. The number of benzene rings is 1. The quantitative estimate of drug-likeness (QED) is 0.620. The largest absolute Gasteiger partial charge is 0.313 e. The molecule has 1 aliphatic heterocycles. The Hall–Kier alpha value is -1.46. The third kappa shape index (κ3) is 4.25. The Bertz CT molecular complexity index is 484. The van der Waals surface area contributed by atoms with Crippen molar-refractivity contribution in [2.75, 3.05) is 19.6 Å². The van der Waals surface area contributed by atoms with E-state index in [1.165, 1.54) is 12.8 Å². The number of rotatable bonds is 7. The van der Waals surface area contributed by atoms with Crippen LogP contribution < -0.4 is 5.32 Å². The third-order valence-corrected chi connectivity index (χ3v) is 4.19. The topological polar surface area (TPSA) is 58.4 Å². The molecule has 0 spiro atoms. The van der Waals surface area contributed by atoms with Gasteiger partial charge in [-0.1, -0.05) is 19.1 Å². The Labute approximate surface area is 126 Å². The minimum absolute atomic E-state index is 0.225. The zero-order valence-corrected chi connectivity index (χ0v) is 13.0. The van der Waals surface area contributed by atoms with E-state index in [2.05, 4.69) is 17.1 Å². The Balaban J connectivity index is 2.08. The second-order valence-corrected chi connectivity index (χ2v) is 5.85. The summed E-state index contributed by atoms with van der Waals surface area (Å²) in [6.07, 6.45) is 3.58. The molecular weight excluding hydrogens is 266 g/mol. The van der Waals surface area contributed by atoms with Gasteiger partial charge < -0.3 is 5.32 Å². The fourth-order valence-electron chi connectivity index (χ4n) is 3.06. The molecule has 5 heteroatoms. The van der Waals surface area contributed by atoms with Crippen molar-refractivity contribution in [2.45, 2.75) is 45.7 Å². The lowest BCUT2D eigenvalue weighted by atomic mass is 10.1. The zero-order chi connectivity index (χ0) is 15.2. The monoisotopic (exact) mass is 291 g/mol. The zero-order valence-electron chi connectivity index (χ0n) is 13.0. The molecule has 0 radical (unpaired) electrons. The lowest BCUT2D eigenvalue weighted by Gasteiger charge is -2.26. The molecule has 1 aromatic carbocycles. The lowest BCUT2D eigenvalue weighted by Crippen LogP contribution is -2.37. The fourth-order valence-corrected chi connectivity index (χ4v) is 3.06. The van der Waals surface area contributed by atoms with Crippen molar-refractivity contribution in [3.63, 3.8) is 0 Å². The summed E-state index contributed by atoms with van der Waals surface area (Å²) in [4.78, 5) is 13.2. The predicted octanol–water partition coefficient (Wildman–Crippen LogP) is 2.87. The highest BCUT2D eigenvalue weighted by atomic mass is 16.6. The standard InChI is InChI=1S/C16H25N3O2/c1-3-10-18(12-15-7-5-9-17-15)11-14-6-4-8-16(13(14)2)19(20)21/h4,6,8,15,17H,3,5,7,9-12H2,1-2H3.